The van der Waals surface area contributed by atoms with Crippen molar-refractivity contribution in [2.45, 2.75) is 32.0 Å². The average molecular weight is 427 g/mol. The zero-order valence-electron chi connectivity index (χ0n) is 17.3. The molecule has 1 atom stereocenters. The minimum Gasteiger partial charge on any atom is -0.480 e. The SMILES string of the molecule is COCCOc1ncc2[nH]c(=O)n(Cc3cccc(CN4CCCC4C(=O)O)c3)c2n1. The largest absolute Gasteiger partial charge is 0.480 e. The van der Waals surface area contributed by atoms with Gasteiger partial charge in [-0.05, 0) is 30.5 Å². The molecule has 1 aliphatic rings. The number of carboxylic acid groups (broad SMARTS) is 1. The molecule has 0 saturated carbocycles. The van der Waals surface area contributed by atoms with E-state index in [1.165, 1.54) is 10.8 Å². The number of carboxylic acids is 1. The predicted octanol–water partition coefficient (Wildman–Crippen LogP) is 1.24. The lowest BCUT2D eigenvalue weighted by atomic mass is 10.1. The van der Waals surface area contributed by atoms with Crippen molar-refractivity contribution in [2.24, 2.45) is 0 Å². The van der Waals surface area contributed by atoms with E-state index < -0.39 is 12.0 Å². The Morgan fingerprint density at radius 2 is 2.10 bits per heavy atom. The van der Waals surface area contributed by atoms with E-state index in [2.05, 4.69) is 15.0 Å². The van der Waals surface area contributed by atoms with Crippen molar-refractivity contribution in [1.29, 1.82) is 0 Å². The first-order valence-corrected chi connectivity index (χ1v) is 10.2. The zero-order chi connectivity index (χ0) is 21.8. The molecule has 0 radical (unpaired) electrons. The number of H-pyrrole nitrogens is 1. The van der Waals surface area contributed by atoms with E-state index in [0.717, 1.165) is 24.1 Å². The summed E-state index contributed by atoms with van der Waals surface area (Å²) in [5.74, 6) is -0.776. The van der Waals surface area contributed by atoms with Gasteiger partial charge in [0.15, 0.2) is 5.65 Å². The Labute approximate surface area is 178 Å². The van der Waals surface area contributed by atoms with E-state index in [0.29, 0.717) is 43.9 Å². The highest BCUT2D eigenvalue weighted by Gasteiger charge is 2.30. The van der Waals surface area contributed by atoms with Crippen LogP contribution in [0.5, 0.6) is 6.01 Å². The monoisotopic (exact) mass is 427 g/mol. The molecule has 3 heterocycles. The van der Waals surface area contributed by atoms with Crippen molar-refractivity contribution in [3.8, 4) is 6.01 Å². The topological polar surface area (TPSA) is 123 Å². The highest BCUT2D eigenvalue weighted by molar-refractivity contribution is 5.73. The smallest absolute Gasteiger partial charge is 0.328 e. The molecule has 0 amide bonds. The van der Waals surface area contributed by atoms with Crippen LogP contribution in [0, 0.1) is 0 Å². The van der Waals surface area contributed by atoms with Gasteiger partial charge in [0.05, 0.1) is 19.3 Å². The summed E-state index contributed by atoms with van der Waals surface area (Å²) in [5.41, 5.74) is 2.64. The maximum Gasteiger partial charge on any atom is 0.328 e. The first-order valence-electron chi connectivity index (χ1n) is 10.2. The highest BCUT2D eigenvalue weighted by atomic mass is 16.5. The van der Waals surface area contributed by atoms with E-state index in [1.807, 2.05) is 29.2 Å². The third-order valence-corrected chi connectivity index (χ3v) is 5.37. The lowest BCUT2D eigenvalue weighted by Crippen LogP contribution is -2.35. The van der Waals surface area contributed by atoms with Gasteiger partial charge in [-0.3, -0.25) is 14.3 Å². The third-order valence-electron chi connectivity index (χ3n) is 5.37. The van der Waals surface area contributed by atoms with Gasteiger partial charge in [-0.2, -0.15) is 4.98 Å². The Kier molecular flexibility index (Phi) is 6.28. The van der Waals surface area contributed by atoms with Crippen molar-refractivity contribution in [3.05, 3.63) is 52.1 Å². The van der Waals surface area contributed by atoms with Gasteiger partial charge < -0.3 is 19.6 Å². The molecule has 4 rings (SSSR count). The van der Waals surface area contributed by atoms with Crippen LogP contribution in [-0.4, -0.2) is 68.4 Å². The molecule has 3 aromatic rings. The van der Waals surface area contributed by atoms with Gasteiger partial charge in [0.25, 0.3) is 0 Å². The fourth-order valence-electron chi connectivity index (χ4n) is 3.90. The Balaban J connectivity index is 1.54. The van der Waals surface area contributed by atoms with E-state index in [1.54, 1.807) is 7.11 Å². The number of fused-ring (bicyclic) bond motifs is 1. The molecular formula is C21H25N5O5. The second kappa shape index (κ2) is 9.27. The number of aliphatic carboxylic acids is 1. The van der Waals surface area contributed by atoms with Crippen LogP contribution in [0.1, 0.15) is 24.0 Å². The molecule has 0 aliphatic carbocycles. The Morgan fingerprint density at radius 3 is 2.87 bits per heavy atom. The number of rotatable bonds is 9. The molecule has 10 heteroatoms. The summed E-state index contributed by atoms with van der Waals surface area (Å²) in [4.78, 5) is 37.2. The summed E-state index contributed by atoms with van der Waals surface area (Å²) in [7, 11) is 1.58. The van der Waals surface area contributed by atoms with Gasteiger partial charge in [0.2, 0.25) is 0 Å². The number of likely N-dealkylation sites (tertiary alicyclic amines) is 1. The van der Waals surface area contributed by atoms with Gasteiger partial charge >= 0.3 is 17.7 Å². The summed E-state index contributed by atoms with van der Waals surface area (Å²) in [6.45, 7) is 2.38. The van der Waals surface area contributed by atoms with Gasteiger partial charge in [-0.1, -0.05) is 24.3 Å². The van der Waals surface area contributed by atoms with Crippen molar-refractivity contribution < 1.29 is 19.4 Å². The summed E-state index contributed by atoms with van der Waals surface area (Å²) >= 11 is 0. The number of nitrogens with zero attached hydrogens (tertiary/aromatic N) is 4. The predicted molar refractivity (Wildman–Crippen MR) is 112 cm³/mol. The molecule has 2 N–H and O–H groups in total. The van der Waals surface area contributed by atoms with Crippen LogP contribution in [0.4, 0.5) is 0 Å². The third kappa shape index (κ3) is 4.75. The number of aromatic amines is 1. The first-order chi connectivity index (χ1) is 15.0. The fraction of sp³-hybridized carbons (Fsp3) is 0.429. The summed E-state index contributed by atoms with van der Waals surface area (Å²) in [6, 6.07) is 7.57. The van der Waals surface area contributed by atoms with Crippen LogP contribution in [0.15, 0.2) is 35.3 Å². The van der Waals surface area contributed by atoms with Crippen LogP contribution < -0.4 is 10.4 Å². The normalized spacial score (nSPS) is 16.7. The van der Waals surface area contributed by atoms with Crippen LogP contribution >= 0.6 is 0 Å². The molecule has 1 unspecified atom stereocenters. The number of nitrogens with one attached hydrogen (secondary N) is 1. The Hall–Kier alpha value is -3.24. The molecule has 1 fully saturated rings. The average Bonchev–Trinajstić information content (AvgIpc) is 3.33. The van der Waals surface area contributed by atoms with Crippen LogP contribution in [0.3, 0.4) is 0 Å². The fourth-order valence-corrected chi connectivity index (χ4v) is 3.90. The number of hydrogen-bond acceptors (Lipinski definition) is 7. The van der Waals surface area contributed by atoms with Gasteiger partial charge in [0, 0.05) is 13.7 Å². The molecule has 1 saturated heterocycles. The van der Waals surface area contributed by atoms with Gasteiger partial charge in [0.1, 0.15) is 18.2 Å². The molecular weight excluding hydrogens is 402 g/mol. The standard InChI is InChI=1S/C21H25N5O5/c1-30-8-9-31-20-22-11-16-18(24-20)26(21(29)23-16)13-15-5-2-4-14(10-15)12-25-7-3-6-17(25)19(27)28/h2,4-5,10-11,17H,3,6-9,12-13H2,1H3,(H,23,29)(H,27,28). The quantitative estimate of drug-likeness (QED) is 0.489. The zero-order valence-corrected chi connectivity index (χ0v) is 17.3. The molecule has 0 bridgehead atoms. The van der Waals surface area contributed by atoms with E-state index in [9.17, 15) is 14.7 Å². The molecule has 164 valence electrons. The van der Waals surface area contributed by atoms with Crippen molar-refractivity contribution in [2.75, 3.05) is 26.9 Å². The summed E-state index contributed by atoms with van der Waals surface area (Å²) in [6.07, 6.45) is 3.09. The van der Waals surface area contributed by atoms with Gasteiger partial charge in [-0.15, -0.1) is 0 Å². The van der Waals surface area contributed by atoms with E-state index in [4.69, 9.17) is 9.47 Å². The van der Waals surface area contributed by atoms with Crippen LogP contribution in [0.25, 0.3) is 11.2 Å². The lowest BCUT2D eigenvalue weighted by molar-refractivity contribution is -0.142. The highest BCUT2D eigenvalue weighted by Crippen LogP contribution is 2.21. The molecule has 10 nitrogen and oxygen atoms in total. The number of hydrogen-bond donors (Lipinski definition) is 2. The van der Waals surface area contributed by atoms with Gasteiger partial charge in [-0.25, -0.2) is 9.78 Å². The summed E-state index contributed by atoms with van der Waals surface area (Å²) < 4.78 is 12.0. The maximum absolute atomic E-state index is 12.5. The molecule has 1 aromatic carbocycles. The van der Waals surface area contributed by atoms with Crippen molar-refractivity contribution >= 4 is 17.1 Å². The Bertz CT molecular complexity index is 1120. The Morgan fingerprint density at radius 1 is 1.29 bits per heavy atom. The van der Waals surface area contributed by atoms with E-state index >= 15 is 0 Å². The van der Waals surface area contributed by atoms with Crippen molar-refractivity contribution in [1.82, 2.24) is 24.4 Å². The molecule has 0 spiro atoms. The number of imidazole rings is 1. The second-order valence-electron chi connectivity index (χ2n) is 7.53. The number of methoxy groups -OCH3 is 1. The van der Waals surface area contributed by atoms with Crippen LogP contribution in [0.2, 0.25) is 0 Å². The second-order valence-corrected chi connectivity index (χ2v) is 7.53. The number of carbonyl (C=O) groups is 1. The maximum atomic E-state index is 12.5. The number of benzene rings is 1. The molecule has 1 aliphatic heterocycles. The lowest BCUT2D eigenvalue weighted by Gasteiger charge is -2.21. The first kappa shape index (κ1) is 21.0. The minimum absolute atomic E-state index is 0.180. The number of ether oxygens (including phenoxy) is 2. The van der Waals surface area contributed by atoms with Crippen LogP contribution in [-0.2, 0) is 22.6 Å². The molecule has 2 aromatic heterocycles. The number of aromatic nitrogens is 4. The van der Waals surface area contributed by atoms with Crippen molar-refractivity contribution in [3.63, 3.8) is 0 Å². The minimum atomic E-state index is -0.776. The van der Waals surface area contributed by atoms with E-state index in [-0.39, 0.29) is 11.7 Å². The summed E-state index contributed by atoms with van der Waals surface area (Å²) in [5, 5.41) is 9.40. The molecule has 31 heavy (non-hydrogen) atoms.